The lowest BCUT2D eigenvalue weighted by Crippen LogP contribution is -3.13. The lowest BCUT2D eigenvalue weighted by Gasteiger charge is -2.33. The van der Waals surface area contributed by atoms with E-state index in [9.17, 15) is 14.3 Å². The zero-order valence-electron chi connectivity index (χ0n) is 12.8. The summed E-state index contributed by atoms with van der Waals surface area (Å²) >= 11 is 0. The molecule has 0 aliphatic carbocycles. The Kier molecular flexibility index (Phi) is 4.57. The van der Waals surface area contributed by atoms with Gasteiger partial charge in [0, 0.05) is 11.3 Å². The van der Waals surface area contributed by atoms with Crippen molar-refractivity contribution in [2.75, 3.05) is 31.1 Å². The molecule has 23 heavy (non-hydrogen) atoms. The number of aromatic carboxylic acids is 1. The van der Waals surface area contributed by atoms with E-state index in [-0.39, 0.29) is 11.4 Å². The third kappa shape index (κ3) is 3.87. The average molecular weight is 314 g/mol. The predicted octanol–water partition coefficient (Wildman–Crippen LogP) is 0.0943. The summed E-state index contributed by atoms with van der Waals surface area (Å²) in [5.41, 5.74) is 2.25. The third-order valence-corrected chi connectivity index (χ3v) is 4.28. The summed E-state index contributed by atoms with van der Waals surface area (Å²) < 4.78 is 13.2. The van der Waals surface area contributed by atoms with Gasteiger partial charge in [-0.25, -0.2) is 4.39 Å². The Morgan fingerprint density at radius 2 is 1.83 bits per heavy atom. The lowest BCUT2D eigenvalue weighted by atomic mass is 10.1. The van der Waals surface area contributed by atoms with E-state index in [2.05, 4.69) is 4.90 Å². The van der Waals surface area contributed by atoms with Gasteiger partial charge in [0.2, 0.25) is 0 Å². The van der Waals surface area contributed by atoms with E-state index in [1.54, 1.807) is 24.3 Å². The Morgan fingerprint density at radius 3 is 2.43 bits per heavy atom. The molecule has 3 rings (SSSR count). The number of hydrogen-bond donors (Lipinski definition) is 1. The van der Waals surface area contributed by atoms with Gasteiger partial charge in [0.25, 0.3) is 0 Å². The maximum Gasteiger partial charge on any atom is 0.123 e. The molecule has 1 N–H and O–H groups in total. The monoisotopic (exact) mass is 314 g/mol. The molecule has 0 saturated carbocycles. The van der Waals surface area contributed by atoms with Gasteiger partial charge < -0.3 is 19.7 Å². The third-order valence-electron chi connectivity index (χ3n) is 4.28. The SMILES string of the molecule is O=C([O-])c1ccc(N2CC[NH+](Cc3cccc(F)c3)CC2)cc1. The van der Waals surface area contributed by atoms with Gasteiger partial charge in [-0.15, -0.1) is 0 Å². The van der Waals surface area contributed by atoms with Crippen LogP contribution in [0.4, 0.5) is 10.1 Å². The number of carbonyl (C=O) groups excluding carboxylic acids is 1. The molecule has 0 bridgehead atoms. The first-order chi connectivity index (χ1) is 11.1. The van der Waals surface area contributed by atoms with E-state index in [0.29, 0.717) is 0 Å². The number of rotatable bonds is 4. The summed E-state index contributed by atoms with van der Waals surface area (Å²) in [4.78, 5) is 14.4. The van der Waals surface area contributed by atoms with E-state index in [1.807, 2.05) is 18.2 Å². The van der Waals surface area contributed by atoms with Crippen molar-refractivity contribution >= 4 is 11.7 Å². The first kappa shape index (κ1) is 15.5. The largest absolute Gasteiger partial charge is 0.545 e. The summed E-state index contributed by atoms with van der Waals surface area (Å²) in [7, 11) is 0. The minimum Gasteiger partial charge on any atom is -0.545 e. The van der Waals surface area contributed by atoms with Gasteiger partial charge in [-0.05, 0) is 29.8 Å². The van der Waals surface area contributed by atoms with Gasteiger partial charge in [-0.2, -0.15) is 0 Å². The fourth-order valence-electron chi connectivity index (χ4n) is 3.00. The number of hydrogen-bond acceptors (Lipinski definition) is 3. The van der Waals surface area contributed by atoms with Crippen LogP contribution in [-0.2, 0) is 6.54 Å². The smallest absolute Gasteiger partial charge is 0.123 e. The standard InChI is InChI=1S/C18H19FN2O2/c19-16-3-1-2-14(12-16)13-20-8-10-21(11-9-20)17-6-4-15(5-7-17)18(22)23/h1-7,12H,8-11,13H2,(H,22,23). The first-order valence-corrected chi connectivity index (χ1v) is 7.76. The molecule has 4 nitrogen and oxygen atoms in total. The molecule has 120 valence electrons. The highest BCUT2D eigenvalue weighted by Gasteiger charge is 2.20. The molecule has 0 unspecified atom stereocenters. The van der Waals surface area contributed by atoms with E-state index in [0.717, 1.165) is 44.0 Å². The Labute approximate surface area is 134 Å². The zero-order valence-corrected chi connectivity index (χ0v) is 12.8. The van der Waals surface area contributed by atoms with Crippen molar-refractivity contribution in [1.82, 2.24) is 0 Å². The number of halogens is 1. The molecule has 0 amide bonds. The zero-order chi connectivity index (χ0) is 16.2. The van der Waals surface area contributed by atoms with Crippen LogP contribution in [0.1, 0.15) is 15.9 Å². The maximum absolute atomic E-state index is 13.2. The van der Waals surface area contributed by atoms with Crippen molar-refractivity contribution in [1.29, 1.82) is 0 Å². The molecule has 2 aromatic carbocycles. The Balaban J connectivity index is 1.56. The van der Waals surface area contributed by atoms with Crippen molar-refractivity contribution in [3.05, 3.63) is 65.5 Å². The van der Waals surface area contributed by atoms with Gasteiger partial charge in [-0.1, -0.05) is 24.3 Å². The predicted molar refractivity (Wildman–Crippen MR) is 83.8 cm³/mol. The Bertz CT molecular complexity index is 680. The molecular weight excluding hydrogens is 295 g/mol. The fraction of sp³-hybridized carbons (Fsp3) is 0.278. The molecule has 1 fully saturated rings. The highest BCUT2D eigenvalue weighted by molar-refractivity contribution is 5.86. The highest BCUT2D eigenvalue weighted by atomic mass is 19.1. The molecule has 0 aromatic heterocycles. The maximum atomic E-state index is 13.2. The van der Waals surface area contributed by atoms with Crippen LogP contribution in [0.2, 0.25) is 0 Å². The van der Waals surface area contributed by atoms with Crippen LogP contribution in [0.3, 0.4) is 0 Å². The summed E-state index contributed by atoms with van der Waals surface area (Å²) in [5, 5.41) is 10.8. The molecule has 5 heteroatoms. The van der Waals surface area contributed by atoms with E-state index in [4.69, 9.17) is 0 Å². The average Bonchev–Trinajstić information content (AvgIpc) is 2.56. The second-order valence-electron chi connectivity index (χ2n) is 5.88. The minimum atomic E-state index is -1.15. The van der Waals surface area contributed by atoms with Gasteiger partial charge in [0.15, 0.2) is 0 Å². The Hall–Kier alpha value is -2.40. The molecule has 0 radical (unpaired) electrons. The second kappa shape index (κ2) is 6.79. The van der Waals surface area contributed by atoms with Crippen molar-refractivity contribution in [2.45, 2.75) is 6.54 Å². The Morgan fingerprint density at radius 1 is 1.13 bits per heavy atom. The van der Waals surface area contributed by atoms with Crippen molar-refractivity contribution in [3.8, 4) is 0 Å². The van der Waals surface area contributed by atoms with Gasteiger partial charge >= 0.3 is 0 Å². The second-order valence-corrected chi connectivity index (χ2v) is 5.88. The molecule has 0 atom stereocenters. The first-order valence-electron chi connectivity index (χ1n) is 7.76. The van der Waals surface area contributed by atoms with Crippen LogP contribution in [0.5, 0.6) is 0 Å². The van der Waals surface area contributed by atoms with E-state index < -0.39 is 5.97 Å². The molecular formula is C18H19FN2O2. The number of piperazine rings is 1. The molecule has 1 heterocycles. The molecule has 1 aliphatic rings. The van der Waals surface area contributed by atoms with E-state index >= 15 is 0 Å². The molecule has 0 spiro atoms. The van der Waals surface area contributed by atoms with Crippen LogP contribution in [0, 0.1) is 5.82 Å². The fourth-order valence-corrected chi connectivity index (χ4v) is 3.00. The van der Waals surface area contributed by atoms with Crippen LogP contribution in [-0.4, -0.2) is 32.1 Å². The van der Waals surface area contributed by atoms with Crippen LogP contribution < -0.4 is 14.9 Å². The molecule has 1 saturated heterocycles. The number of quaternary nitrogens is 1. The topological polar surface area (TPSA) is 47.8 Å². The van der Waals surface area contributed by atoms with E-state index in [1.165, 1.54) is 11.0 Å². The molecule has 2 aromatic rings. The number of benzene rings is 2. The quantitative estimate of drug-likeness (QED) is 0.870. The normalized spacial score (nSPS) is 15.6. The van der Waals surface area contributed by atoms with Crippen molar-refractivity contribution < 1.29 is 19.2 Å². The van der Waals surface area contributed by atoms with Gasteiger partial charge in [0.1, 0.15) is 12.4 Å². The number of nitrogens with one attached hydrogen (secondary N) is 1. The van der Waals surface area contributed by atoms with Crippen LogP contribution in [0.15, 0.2) is 48.5 Å². The van der Waals surface area contributed by atoms with Crippen molar-refractivity contribution in [2.24, 2.45) is 0 Å². The minimum absolute atomic E-state index is 0.187. The highest BCUT2D eigenvalue weighted by Crippen LogP contribution is 2.15. The number of carboxylic acids is 1. The van der Waals surface area contributed by atoms with Gasteiger partial charge in [-0.3, -0.25) is 0 Å². The number of carboxylic acid groups (broad SMARTS) is 1. The van der Waals surface area contributed by atoms with Crippen molar-refractivity contribution in [3.63, 3.8) is 0 Å². The summed E-state index contributed by atoms with van der Waals surface area (Å²) in [6.45, 7) is 4.57. The lowest BCUT2D eigenvalue weighted by molar-refractivity contribution is -0.914. The van der Waals surface area contributed by atoms with Gasteiger partial charge in [0.05, 0.1) is 32.1 Å². The van der Waals surface area contributed by atoms with Crippen LogP contribution >= 0.6 is 0 Å². The number of nitrogens with zero attached hydrogens (tertiary/aromatic N) is 1. The summed E-state index contributed by atoms with van der Waals surface area (Å²) in [6, 6.07) is 13.6. The summed E-state index contributed by atoms with van der Waals surface area (Å²) in [6.07, 6.45) is 0. The number of carbonyl (C=O) groups is 1. The molecule has 1 aliphatic heterocycles. The summed E-state index contributed by atoms with van der Waals surface area (Å²) in [5.74, 6) is -1.34. The number of anilines is 1. The van der Waals surface area contributed by atoms with Crippen LogP contribution in [0.25, 0.3) is 0 Å².